The monoisotopic (exact) mass is 537 g/mol. The molecule has 4 aromatic rings. The third kappa shape index (κ3) is 5.33. The minimum Gasteiger partial charge on any atom is -0.470 e. The molecule has 1 N–H and O–H groups in total. The molecule has 0 aliphatic heterocycles. The van der Waals surface area contributed by atoms with Gasteiger partial charge in [0.25, 0.3) is 5.91 Å². The van der Waals surface area contributed by atoms with Crippen LogP contribution in [0.4, 0.5) is 5.69 Å². The average molecular weight is 539 g/mol. The first-order valence-electron chi connectivity index (χ1n) is 10.1. The average Bonchev–Trinajstić information content (AvgIpc) is 3.37. The van der Waals surface area contributed by atoms with Crippen LogP contribution in [0.1, 0.15) is 27.4 Å². The highest BCUT2D eigenvalue weighted by molar-refractivity contribution is 6.42. The smallest absolute Gasteiger partial charge is 0.276 e. The van der Waals surface area contributed by atoms with Crippen LogP contribution in [-0.4, -0.2) is 25.5 Å². The number of nitrogens with one attached hydrogen (secondary N) is 1. The number of anilines is 1. The van der Waals surface area contributed by atoms with Crippen molar-refractivity contribution in [3.8, 4) is 5.75 Å². The molecule has 0 saturated heterocycles. The number of hydrogen-bond donors (Lipinski definition) is 1. The van der Waals surface area contributed by atoms with Crippen molar-refractivity contribution in [3.05, 3.63) is 91.4 Å². The number of ether oxygens (including phenoxy) is 1. The molecule has 1 amide bonds. The van der Waals surface area contributed by atoms with E-state index in [2.05, 4.69) is 15.5 Å². The summed E-state index contributed by atoms with van der Waals surface area (Å²) >= 11 is 24.4. The van der Waals surface area contributed by atoms with Gasteiger partial charge in [-0.2, -0.15) is 10.2 Å². The Morgan fingerprint density at radius 1 is 1.03 bits per heavy atom. The Bertz CT molecular complexity index is 1370. The highest BCUT2D eigenvalue weighted by Gasteiger charge is 2.18. The Labute approximate surface area is 216 Å². The second-order valence-electron chi connectivity index (χ2n) is 7.46. The number of amides is 1. The van der Waals surface area contributed by atoms with E-state index in [0.717, 1.165) is 11.3 Å². The Kier molecular flexibility index (Phi) is 7.38. The summed E-state index contributed by atoms with van der Waals surface area (Å²) in [4.78, 5) is 12.8. The third-order valence-corrected chi connectivity index (χ3v) is 6.49. The molecule has 0 fully saturated rings. The molecule has 2 aromatic carbocycles. The van der Waals surface area contributed by atoms with Crippen molar-refractivity contribution in [1.82, 2.24) is 19.6 Å². The Balaban J connectivity index is 1.44. The van der Waals surface area contributed by atoms with Crippen molar-refractivity contribution in [3.63, 3.8) is 0 Å². The quantitative estimate of drug-likeness (QED) is 0.286. The minimum atomic E-state index is -0.366. The largest absolute Gasteiger partial charge is 0.470 e. The second-order valence-corrected chi connectivity index (χ2v) is 9.09. The number of carbonyl (C=O) groups is 1. The van der Waals surface area contributed by atoms with E-state index < -0.39 is 0 Å². The maximum Gasteiger partial charge on any atom is 0.276 e. The summed E-state index contributed by atoms with van der Waals surface area (Å²) in [6, 6.07) is 12.0. The molecule has 0 saturated carbocycles. The molecule has 11 heteroatoms. The topological polar surface area (TPSA) is 74.0 Å². The minimum absolute atomic E-state index is 0.0607. The van der Waals surface area contributed by atoms with Gasteiger partial charge in [-0.05, 0) is 49.7 Å². The van der Waals surface area contributed by atoms with Gasteiger partial charge in [-0.3, -0.25) is 9.48 Å². The fraction of sp³-hybridized carbons (Fsp3) is 0.174. The van der Waals surface area contributed by atoms with Crippen LogP contribution >= 0.6 is 46.4 Å². The summed E-state index contributed by atoms with van der Waals surface area (Å²) in [5, 5.41) is 13.5. The zero-order chi connectivity index (χ0) is 24.4. The summed E-state index contributed by atoms with van der Waals surface area (Å²) < 4.78 is 8.91. The van der Waals surface area contributed by atoms with Crippen molar-refractivity contribution in [1.29, 1.82) is 0 Å². The predicted molar refractivity (Wildman–Crippen MR) is 135 cm³/mol. The lowest BCUT2D eigenvalue weighted by Crippen LogP contribution is -2.15. The molecule has 2 heterocycles. The molecular formula is C23H19Cl4N5O2. The molecule has 0 unspecified atom stereocenters. The van der Waals surface area contributed by atoms with Crippen molar-refractivity contribution >= 4 is 58.0 Å². The van der Waals surface area contributed by atoms with E-state index in [1.165, 1.54) is 4.68 Å². The van der Waals surface area contributed by atoms with Crippen LogP contribution < -0.4 is 10.1 Å². The molecule has 0 spiro atoms. The Morgan fingerprint density at radius 2 is 1.82 bits per heavy atom. The highest BCUT2D eigenvalue weighted by Crippen LogP contribution is 2.31. The number of halogens is 4. The Morgan fingerprint density at radius 3 is 2.59 bits per heavy atom. The fourth-order valence-electron chi connectivity index (χ4n) is 3.31. The zero-order valence-corrected chi connectivity index (χ0v) is 21.2. The van der Waals surface area contributed by atoms with E-state index in [0.29, 0.717) is 43.8 Å². The van der Waals surface area contributed by atoms with E-state index in [1.54, 1.807) is 47.3 Å². The van der Waals surface area contributed by atoms with Crippen LogP contribution in [0.15, 0.2) is 48.7 Å². The summed E-state index contributed by atoms with van der Waals surface area (Å²) in [6.07, 6.45) is 1.64. The molecule has 0 atom stereocenters. The van der Waals surface area contributed by atoms with Crippen LogP contribution in [0.25, 0.3) is 0 Å². The molecule has 0 bridgehead atoms. The summed E-state index contributed by atoms with van der Waals surface area (Å²) in [5.74, 6) is 0.0601. The van der Waals surface area contributed by atoms with Gasteiger partial charge in [-0.1, -0.05) is 58.5 Å². The lowest BCUT2D eigenvalue weighted by atomic mass is 10.2. The molecule has 34 heavy (non-hydrogen) atoms. The number of aromatic nitrogens is 4. The molecule has 7 nitrogen and oxygen atoms in total. The third-order valence-electron chi connectivity index (χ3n) is 5.10. The predicted octanol–water partition coefficient (Wildman–Crippen LogP) is 6.65. The maximum atomic E-state index is 12.8. The van der Waals surface area contributed by atoms with E-state index in [9.17, 15) is 4.79 Å². The van der Waals surface area contributed by atoms with Crippen molar-refractivity contribution in [2.75, 3.05) is 5.32 Å². The normalized spacial score (nSPS) is 11.0. The molecule has 0 radical (unpaired) electrons. The molecule has 0 aliphatic rings. The highest BCUT2D eigenvalue weighted by atomic mass is 35.5. The number of carbonyl (C=O) groups excluding carboxylic acids is 1. The molecular weight excluding hydrogens is 520 g/mol. The first-order valence-corrected chi connectivity index (χ1v) is 11.6. The molecule has 2 aromatic heterocycles. The standard InChI is InChI=1S/C23H19Cl4N5O2/c1-13-22(14(2)32(29-13)11-15-6-7-16(24)10-18(15)26)28-23(33)19-8-9-31(30-19)12-34-20-5-3-4-17(25)21(20)27/h3-10H,11-12H2,1-2H3,(H,28,33). The number of hydrogen-bond acceptors (Lipinski definition) is 4. The van der Waals surface area contributed by atoms with Gasteiger partial charge < -0.3 is 10.1 Å². The number of rotatable bonds is 7. The fourth-order valence-corrected chi connectivity index (χ4v) is 4.12. The van der Waals surface area contributed by atoms with Crippen LogP contribution in [-0.2, 0) is 13.3 Å². The van der Waals surface area contributed by atoms with Crippen molar-refractivity contribution in [2.24, 2.45) is 0 Å². The zero-order valence-electron chi connectivity index (χ0n) is 18.2. The molecule has 176 valence electrons. The first-order chi connectivity index (χ1) is 16.2. The number of aryl methyl sites for hydroxylation is 1. The molecule has 0 aliphatic carbocycles. The van der Waals surface area contributed by atoms with Crippen LogP contribution in [0.5, 0.6) is 5.75 Å². The lowest BCUT2D eigenvalue weighted by Gasteiger charge is -2.09. The van der Waals surface area contributed by atoms with Gasteiger partial charge in [0.15, 0.2) is 12.4 Å². The van der Waals surface area contributed by atoms with Crippen LogP contribution in [0.3, 0.4) is 0 Å². The van der Waals surface area contributed by atoms with Crippen molar-refractivity contribution in [2.45, 2.75) is 27.1 Å². The summed E-state index contributed by atoms with van der Waals surface area (Å²) in [6.45, 7) is 4.20. The van der Waals surface area contributed by atoms with E-state index >= 15 is 0 Å². The summed E-state index contributed by atoms with van der Waals surface area (Å²) in [5.41, 5.74) is 3.18. The second kappa shape index (κ2) is 10.3. The van der Waals surface area contributed by atoms with E-state index in [1.807, 2.05) is 19.9 Å². The van der Waals surface area contributed by atoms with Gasteiger partial charge in [0.2, 0.25) is 0 Å². The van der Waals surface area contributed by atoms with E-state index in [4.69, 9.17) is 51.1 Å². The van der Waals surface area contributed by atoms with Crippen LogP contribution in [0.2, 0.25) is 20.1 Å². The van der Waals surface area contributed by atoms with Gasteiger partial charge in [0.05, 0.1) is 28.6 Å². The van der Waals surface area contributed by atoms with Gasteiger partial charge in [-0.15, -0.1) is 0 Å². The van der Waals surface area contributed by atoms with Crippen LogP contribution in [0, 0.1) is 13.8 Å². The van der Waals surface area contributed by atoms with Gasteiger partial charge in [0.1, 0.15) is 10.8 Å². The molecule has 4 rings (SSSR count). The number of benzene rings is 2. The van der Waals surface area contributed by atoms with Gasteiger partial charge >= 0.3 is 0 Å². The van der Waals surface area contributed by atoms with E-state index in [-0.39, 0.29) is 18.3 Å². The SMILES string of the molecule is Cc1nn(Cc2ccc(Cl)cc2Cl)c(C)c1NC(=O)c1ccn(COc2cccc(Cl)c2Cl)n1. The van der Waals surface area contributed by atoms with Gasteiger partial charge in [0, 0.05) is 16.2 Å². The number of nitrogens with zero attached hydrogens (tertiary/aromatic N) is 4. The first kappa shape index (κ1) is 24.4. The Hall–Kier alpha value is -2.71. The van der Waals surface area contributed by atoms with Crippen molar-refractivity contribution < 1.29 is 9.53 Å². The maximum absolute atomic E-state index is 12.8. The summed E-state index contributed by atoms with van der Waals surface area (Å²) in [7, 11) is 0. The van der Waals surface area contributed by atoms with Gasteiger partial charge in [-0.25, -0.2) is 4.68 Å². The lowest BCUT2D eigenvalue weighted by molar-refractivity contribution is 0.102.